The summed E-state index contributed by atoms with van der Waals surface area (Å²) >= 11 is 0. The van der Waals surface area contributed by atoms with Gasteiger partial charge in [-0.1, -0.05) is 120 Å². The molecule has 1 aliphatic rings. The van der Waals surface area contributed by atoms with Gasteiger partial charge in [0.15, 0.2) is 6.10 Å². The summed E-state index contributed by atoms with van der Waals surface area (Å²) in [7, 11) is -5.12. The normalized spacial score (nSPS) is 23.2. The zero-order chi connectivity index (χ0) is 42.2. The van der Waals surface area contributed by atoms with Crippen LogP contribution >= 0.6 is 7.82 Å². The third-order valence-electron chi connectivity index (χ3n) is 9.64. The maximum atomic E-state index is 12.8. The molecule has 0 radical (unpaired) electrons. The molecule has 14 heteroatoms. The van der Waals surface area contributed by atoms with Crippen LogP contribution in [0.25, 0.3) is 0 Å². The SMILES string of the molecule is CCCC/C=C/CCCCCCCC(=O)OC[C@H](COP(=O)(O)OC1C(O)C(O)C(O)[C@@H](O)C1O)OC(=O)CCCCCC/C=C/C/C=C/C/C=C/CCCCC. The number of aliphatic hydroxyl groups is 5. The number of ether oxygens (including phenoxy) is 2. The van der Waals surface area contributed by atoms with Crippen LogP contribution in [0.2, 0.25) is 0 Å². The number of esters is 2. The Hall–Kier alpha value is -2.19. The minimum atomic E-state index is -5.12. The molecule has 330 valence electrons. The molecule has 0 aliphatic heterocycles. The summed E-state index contributed by atoms with van der Waals surface area (Å²) in [4.78, 5) is 35.5. The molecule has 0 saturated heterocycles. The molecule has 1 rings (SSSR count). The number of carbonyl (C=O) groups excluding carboxylic acids is 2. The van der Waals surface area contributed by atoms with Crippen molar-refractivity contribution < 1.29 is 63.1 Å². The van der Waals surface area contributed by atoms with Crippen LogP contribution in [0.1, 0.15) is 155 Å². The number of rotatable bonds is 34. The highest BCUT2D eigenvalue weighted by molar-refractivity contribution is 7.47. The summed E-state index contributed by atoms with van der Waals surface area (Å²) in [5, 5.41) is 50.0. The minimum absolute atomic E-state index is 0.0680. The molecule has 0 aromatic carbocycles. The van der Waals surface area contributed by atoms with Gasteiger partial charge in [0.1, 0.15) is 43.2 Å². The Morgan fingerprint density at radius 1 is 0.544 bits per heavy atom. The number of hydrogen-bond donors (Lipinski definition) is 6. The molecular formula is C43H75O13P. The lowest BCUT2D eigenvalue weighted by atomic mass is 9.85. The van der Waals surface area contributed by atoms with Gasteiger partial charge in [-0.25, -0.2) is 4.57 Å². The lowest BCUT2D eigenvalue weighted by Crippen LogP contribution is -2.64. The fourth-order valence-corrected chi connectivity index (χ4v) is 7.07. The third kappa shape index (κ3) is 26.5. The molecule has 13 nitrogen and oxygen atoms in total. The largest absolute Gasteiger partial charge is 0.472 e. The van der Waals surface area contributed by atoms with Crippen molar-refractivity contribution in [2.75, 3.05) is 13.2 Å². The van der Waals surface area contributed by atoms with E-state index in [1.165, 1.54) is 32.1 Å². The van der Waals surface area contributed by atoms with Gasteiger partial charge in [-0.15, -0.1) is 0 Å². The molecule has 1 aliphatic carbocycles. The number of phosphoric acid groups is 1. The molecule has 0 bridgehead atoms. The van der Waals surface area contributed by atoms with Crippen LogP contribution in [0.4, 0.5) is 0 Å². The summed E-state index contributed by atoms with van der Waals surface area (Å²) in [6.45, 7) is 3.18. The topological polar surface area (TPSA) is 210 Å². The molecule has 0 heterocycles. The van der Waals surface area contributed by atoms with Gasteiger partial charge in [0, 0.05) is 12.8 Å². The molecule has 1 fully saturated rings. The smallest absolute Gasteiger partial charge is 0.462 e. The number of allylic oxidation sites excluding steroid dienone is 8. The maximum Gasteiger partial charge on any atom is 0.472 e. The van der Waals surface area contributed by atoms with Crippen molar-refractivity contribution in [1.29, 1.82) is 0 Å². The van der Waals surface area contributed by atoms with Crippen molar-refractivity contribution in [2.45, 2.75) is 198 Å². The Kier molecular flexibility index (Phi) is 31.2. The Bertz CT molecular complexity index is 1190. The summed E-state index contributed by atoms with van der Waals surface area (Å²) in [6, 6.07) is 0. The van der Waals surface area contributed by atoms with Crippen LogP contribution in [-0.2, 0) is 32.7 Å². The van der Waals surface area contributed by atoms with Gasteiger partial charge in [0.2, 0.25) is 0 Å². The highest BCUT2D eigenvalue weighted by atomic mass is 31.2. The third-order valence-corrected chi connectivity index (χ3v) is 10.6. The zero-order valence-corrected chi connectivity index (χ0v) is 35.5. The first kappa shape index (κ1) is 52.8. The Morgan fingerprint density at radius 2 is 0.965 bits per heavy atom. The minimum Gasteiger partial charge on any atom is -0.462 e. The second kappa shape index (κ2) is 33.6. The van der Waals surface area contributed by atoms with Gasteiger partial charge < -0.3 is 39.9 Å². The van der Waals surface area contributed by atoms with Gasteiger partial charge in [0.05, 0.1) is 6.61 Å². The van der Waals surface area contributed by atoms with E-state index in [4.69, 9.17) is 18.5 Å². The zero-order valence-electron chi connectivity index (χ0n) is 34.6. The molecule has 0 spiro atoms. The predicted molar refractivity (Wildman–Crippen MR) is 221 cm³/mol. The average Bonchev–Trinajstić information content (AvgIpc) is 3.19. The van der Waals surface area contributed by atoms with Crippen molar-refractivity contribution in [3.05, 3.63) is 48.6 Å². The van der Waals surface area contributed by atoms with E-state index in [1.807, 2.05) is 0 Å². The molecule has 0 aromatic heterocycles. The fraction of sp³-hybridized carbons (Fsp3) is 0.767. The molecule has 0 amide bonds. The highest BCUT2D eigenvalue weighted by Gasteiger charge is 2.51. The van der Waals surface area contributed by atoms with Gasteiger partial charge in [-0.05, 0) is 70.6 Å². The molecule has 6 N–H and O–H groups in total. The van der Waals surface area contributed by atoms with Gasteiger partial charge in [0.25, 0.3) is 0 Å². The number of hydrogen-bond acceptors (Lipinski definition) is 12. The second-order valence-corrected chi connectivity index (χ2v) is 16.2. The van der Waals surface area contributed by atoms with Crippen LogP contribution < -0.4 is 0 Å². The molecule has 6 unspecified atom stereocenters. The van der Waals surface area contributed by atoms with E-state index in [2.05, 4.69) is 62.5 Å². The van der Waals surface area contributed by atoms with Gasteiger partial charge >= 0.3 is 19.8 Å². The quantitative estimate of drug-likeness (QED) is 0.0160. The monoisotopic (exact) mass is 830 g/mol. The van der Waals surface area contributed by atoms with Gasteiger partial charge in [-0.2, -0.15) is 0 Å². The number of aliphatic hydroxyl groups excluding tert-OH is 5. The number of phosphoric ester groups is 1. The number of carbonyl (C=O) groups is 2. The Morgan fingerprint density at radius 3 is 1.51 bits per heavy atom. The summed E-state index contributed by atoms with van der Waals surface area (Å²) in [6.07, 6.45) is 24.6. The fourth-order valence-electron chi connectivity index (χ4n) is 6.10. The summed E-state index contributed by atoms with van der Waals surface area (Å²) < 4.78 is 33.4. The molecular weight excluding hydrogens is 755 g/mol. The maximum absolute atomic E-state index is 12.8. The van der Waals surface area contributed by atoms with Crippen LogP contribution in [0, 0.1) is 0 Å². The van der Waals surface area contributed by atoms with Crippen molar-refractivity contribution in [2.24, 2.45) is 0 Å². The Balaban J connectivity index is 2.52. The molecule has 57 heavy (non-hydrogen) atoms. The standard InChI is InChI=1S/C43H75O13P/c1-3-5-7-9-11-13-15-16-17-18-19-20-22-24-26-28-30-32-37(45)55-35(33-53-36(44)31-29-27-25-23-21-14-12-10-8-6-4-2)34-54-57(51,52)56-43-41(49)39(47)38(46)40(48)42(43)50/h10-13,16-17,19-20,35,38-43,46-50H,3-9,14-15,18,21-34H2,1-2H3,(H,51,52)/b12-10+,13-11+,17-16+,20-19+/t35-,38?,39-,40?,41?,42?,43?/m1/s1. The van der Waals surface area contributed by atoms with Crippen LogP contribution in [0.15, 0.2) is 48.6 Å². The summed E-state index contributed by atoms with van der Waals surface area (Å²) in [5.41, 5.74) is 0. The van der Waals surface area contributed by atoms with Crippen molar-refractivity contribution in [3.63, 3.8) is 0 Å². The van der Waals surface area contributed by atoms with Crippen LogP contribution in [0.5, 0.6) is 0 Å². The summed E-state index contributed by atoms with van der Waals surface area (Å²) in [5.74, 6) is -1.14. The first-order chi connectivity index (χ1) is 27.4. The average molecular weight is 831 g/mol. The van der Waals surface area contributed by atoms with Crippen LogP contribution in [0.3, 0.4) is 0 Å². The van der Waals surface area contributed by atoms with Crippen molar-refractivity contribution in [1.82, 2.24) is 0 Å². The lowest BCUT2D eigenvalue weighted by Gasteiger charge is -2.41. The lowest BCUT2D eigenvalue weighted by molar-refractivity contribution is -0.220. The molecule has 0 aromatic rings. The molecule has 8 atom stereocenters. The first-order valence-corrected chi connectivity index (χ1v) is 22.9. The van der Waals surface area contributed by atoms with E-state index < -0.39 is 75.7 Å². The van der Waals surface area contributed by atoms with E-state index in [-0.39, 0.29) is 12.8 Å². The molecule has 1 saturated carbocycles. The van der Waals surface area contributed by atoms with E-state index >= 15 is 0 Å². The number of unbranched alkanes of at least 4 members (excludes halogenated alkanes) is 14. The first-order valence-electron chi connectivity index (χ1n) is 21.4. The van der Waals surface area contributed by atoms with Crippen LogP contribution in [-0.4, -0.2) is 98.3 Å². The predicted octanol–water partition coefficient (Wildman–Crippen LogP) is 7.61. The van der Waals surface area contributed by atoms with Crippen molar-refractivity contribution in [3.8, 4) is 0 Å². The van der Waals surface area contributed by atoms with E-state index in [0.29, 0.717) is 12.8 Å². The van der Waals surface area contributed by atoms with E-state index in [0.717, 1.165) is 83.5 Å². The highest BCUT2D eigenvalue weighted by Crippen LogP contribution is 2.47. The van der Waals surface area contributed by atoms with E-state index in [9.17, 15) is 44.6 Å². The Labute approximate surface area is 341 Å². The van der Waals surface area contributed by atoms with Crippen molar-refractivity contribution >= 4 is 19.8 Å². The second-order valence-electron chi connectivity index (χ2n) is 14.8. The van der Waals surface area contributed by atoms with Gasteiger partial charge in [-0.3, -0.25) is 18.6 Å². The van der Waals surface area contributed by atoms with E-state index in [1.54, 1.807) is 0 Å².